The summed E-state index contributed by atoms with van der Waals surface area (Å²) in [5.41, 5.74) is 1.58. The monoisotopic (exact) mass is 571 g/mol. The van der Waals surface area contributed by atoms with Crippen LogP contribution in [0.5, 0.6) is 11.5 Å². The van der Waals surface area contributed by atoms with E-state index in [1.807, 2.05) is 0 Å². The van der Waals surface area contributed by atoms with Gasteiger partial charge in [0.25, 0.3) is 0 Å². The van der Waals surface area contributed by atoms with Gasteiger partial charge in [-0.25, -0.2) is 4.79 Å². The van der Waals surface area contributed by atoms with Gasteiger partial charge in [-0.2, -0.15) is 0 Å². The van der Waals surface area contributed by atoms with Crippen LogP contribution in [0.1, 0.15) is 49.3 Å². The Kier molecular flexibility index (Phi) is 10.7. The number of anilines is 1. The Morgan fingerprint density at radius 1 is 1.20 bits per heavy atom. The van der Waals surface area contributed by atoms with E-state index in [-0.39, 0.29) is 23.4 Å². The topological polar surface area (TPSA) is 145 Å². The highest BCUT2D eigenvalue weighted by atomic mass is 35.5. The van der Waals surface area contributed by atoms with Crippen LogP contribution in [-0.4, -0.2) is 54.1 Å². The number of H-pyrrole nitrogens is 1. The Bertz CT molecular complexity index is 1360. The third-order valence-electron chi connectivity index (χ3n) is 6.95. The molecule has 1 fully saturated rings. The molecule has 0 unspecified atom stereocenters. The van der Waals surface area contributed by atoms with Crippen LogP contribution in [0.15, 0.2) is 41.2 Å². The zero-order chi connectivity index (χ0) is 28.5. The molecule has 1 aromatic heterocycles. The molecule has 2 aromatic carbocycles. The van der Waals surface area contributed by atoms with E-state index in [4.69, 9.17) is 21.1 Å². The van der Waals surface area contributed by atoms with Crippen LogP contribution < -0.4 is 26.2 Å². The molecule has 215 valence electrons. The van der Waals surface area contributed by atoms with Crippen molar-refractivity contribution < 1.29 is 24.5 Å². The first kappa shape index (κ1) is 29.7. The number of aliphatic hydroxyl groups excluding tert-OH is 1. The van der Waals surface area contributed by atoms with Gasteiger partial charge in [0.2, 0.25) is 5.56 Å². The third-order valence-corrected chi connectivity index (χ3v) is 7.26. The average molecular weight is 572 g/mol. The lowest BCUT2D eigenvalue weighted by molar-refractivity contribution is 0.159. The number of ether oxygens (including phenoxy) is 2. The molecule has 1 saturated carbocycles. The Morgan fingerprint density at radius 3 is 2.77 bits per heavy atom. The van der Waals surface area contributed by atoms with E-state index in [1.165, 1.54) is 19.2 Å². The van der Waals surface area contributed by atoms with Crippen molar-refractivity contribution in [3.8, 4) is 11.5 Å². The summed E-state index contributed by atoms with van der Waals surface area (Å²) >= 11 is 6.43. The van der Waals surface area contributed by atoms with Crippen molar-refractivity contribution in [2.75, 3.05) is 32.1 Å². The first-order valence-electron chi connectivity index (χ1n) is 13.4. The van der Waals surface area contributed by atoms with Gasteiger partial charge in [-0.05, 0) is 68.8 Å². The number of aliphatic hydroxyl groups is 1. The van der Waals surface area contributed by atoms with Gasteiger partial charge in [0, 0.05) is 42.2 Å². The predicted molar refractivity (Wildman–Crippen MR) is 155 cm³/mol. The van der Waals surface area contributed by atoms with Crippen molar-refractivity contribution in [3.05, 3.63) is 69.3 Å². The van der Waals surface area contributed by atoms with Gasteiger partial charge in [-0.3, -0.25) is 10.1 Å². The third kappa shape index (κ3) is 7.88. The van der Waals surface area contributed by atoms with Crippen LogP contribution in [0, 0.1) is 6.42 Å². The van der Waals surface area contributed by atoms with Gasteiger partial charge in [0.1, 0.15) is 11.5 Å². The first-order chi connectivity index (χ1) is 19.4. The smallest absolute Gasteiger partial charge is 0.411 e. The lowest BCUT2D eigenvalue weighted by Gasteiger charge is -2.22. The molecule has 1 aliphatic carbocycles. The predicted octanol–water partition coefficient (Wildman–Crippen LogP) is 4.39. The number of rotatable bonds is 12. The number of methoxy groups -OCH3 is 1. The SMILES string of the molecule is COc1cc(NC(=O)OCCCNC2CC[CH]CC2)c(Cl)cc1CNC[C@H](O)c1ccc(O)c2[nH]c(=O)ccc12. The van der Waals surface area contributed by atoms with Crippen molar-refractivity contribution in [2.45, 2.75) is 50.8 Å². The van der Waals surface area contributed by atoms with Crippen LogP contribution in [0.2, 0.25) is 5.02 Å². The van der Waals surface area contributed by atoms with Crippen LogP contribution in [-0.2, 0) is 11.3 Å². The van der Waals surface area contributed by atoms with Crippen molar-refractivity contribution >= 4 is 34.3 Å². The maximum absolute atomic E-state index is 12.3. The van der Waals surface area contributed by atoms with Gasteiger partial charge in [-0.1, -0.05) is 17.7 Å². The highest BCUT2D eigenvalue weighted by Gasteiger charge is 2.16. The molecule has 1 atom stereocenters. The Hall–Kier alpha value is -3.31. The summed E-state index contributed by atoms with van der Waals surface area (Å²) in [5, 5.41) is 31.1. The van der Waals surface area contributed by atoms with Gasteiger partial charge in [0.15, 0.2) is 0 Å². The normalized spacial score (nSPS) is 14.7. The van der Waals surface area contributed by atoms with Crippen molar-refractivity contribution in [2.24, 2.45) is 0 Å². The highest BCUT2D eigenvalue weighted by Crippen LogP contribution is 2.32. The maximum Gasteiger partial charge on any atom is 0.411 e. The average Bonchev–Trinajstić information content (AvgIpc) is 2.95. The molecular weight excluding hydrogens is 536 g/mol. The van der Waals surface area contributed by atoms with E-state index in [1.54, 1.807) is 24.3 Å². The number of aromatic nitrogens is 1. The van der Waals surface area contributed by atoms with Gasteiger partial charge < -0.3 is 35.3 Å². The summed E-state index contributed by atoms with van der Waals surface area (Å²) in [4.78, 5) is 26.5. The number of nitrogens with one attached hydrogen (secondary N) is 4. The molecule has 0 aliphatic heterocycles. The van der Waals surface area contributed by atoms with E-state index in [9.17, 15) is 19.8 Å². The maximum atomic E-state index is 12.3. The number of amides is 1. The van der Waals surface area contributed by atoms with Crippen LogP contribution >= 0.6 is 11.6 Å². The summed E-state index contributed by atoms with van der Waals surface area (Å²) < 4.78 is 10.8. The second kappa shape index (κ2) is 14.4. The largest absolute Gasteiger partial charge is 0.506 e. The van der Waals surface area contributed by atoms with Gasteiger partial charge in [0.05, 0.1) is 36.0 Å². The first-order valence-corrected chi connectivity index (χ1v) is 13.8. The Morgan fingerprint density at radius 2 is 2.00 bits per heavy atom. The van der Waals surface area contributed by atoms with E-state index < -0.39 is 12.2 Å². The quantitative estimate of drug-likeness (QED) is 0.176. The molecular formula is C29H36ClN4O6. The Labute approximate surface area is 238 Å². The van der Waals surface area contributed by atoms with Crippen molar-refractivity contribution in [1.82, 2.24) is 15.6 Å². The molecule has 0 bridgehead atoms. The second-order valence-electron chi connectivity index (χ2n) is 9.78. The summed E-state index contributed by atoms with van der Waals surface area (Å²) in [6.45, 7) is 1.60. The molecule has 1 aliphatic rings. The summed E-state index contributed by atoms with van der Waals surface area (Å²) in [6.07, 6.45) is 6.16. The van der Waals surface area contributed by atoms with Gasteiger partial charge >= 0.3 is 6.09 Å². The number of phenolic OH excluding ortho intramolecular Hbond substituents is 1. The summed E-state index contributed by atoms with van der Waals surface area (Å²) in [6, 6.07) is 9.82. The molecule has 10 nitrogen and oxygen atoms in total. The number of aromatic hydroxyl groups is 1. The minimum Gasteiger partial charge on any atom is -0.506 e. The lowest BCUT2D eigenvalue weighted by atomic mass is 9.95. The number of pyridine rings is 1. The number of aromatic amines is 1. The van der Waals surface area contributed by atoms with Crippen molar-refractivity contribution in [3.63, 3.8) is 0 Å². The highest BCUT2D eigenvalue weighted by molar-refractivity contribution is 6.33. The number of hydrogen-bond donors (Lipinski definition) is 6. The van der Waals surface area contributed by atoms with Gasteiger partial charge in [-0.15, -0.1) is 0 Å². The zero-order valence-corrected chi connectivity index (χ0v) is 23.2. The standard InChI is InChI=1S/C29H36ClN4O6/c1-39-26-15-23(33-29(38)40-13-5-12-32-19-6-3-2-4-7-19)22(30)14-18(26)16-31-17-25(36)20-8-10-24(35)28-21(20)9-11-27(37)34-28/h2,8-11,14-15,19,25,31-32,35-36H,3-7,12-13,16-17H2,1H3,(H,33,38)(H,34,37)/t25-/m0/s1. The minimum absolute atomic E-state index is 0.0702. The molecule has 4 rings (SSSR count). The fourth-order valence-electron chi connectivity index (χ4n) is 4.84. The number of carbonyl (C=O) groups is 1. The van der Waals surface area contributed by atoms with Crippen LogP contribution in [0.3, 0.4) is 0 Å². The number of carbonyl (C=O) groups excluding carboxylic acids is 1. The lowest BCUT2D eigenvalue weighted by Crippen LogP contribution is -2.32. The molecule has 11 heteroatoms. The molecule has 6 N–H and O–H groups in total. The molecule has 0 spiro atoms. The number of phenols is 1. The Balaban J connectivity index is 1.27. The fraction of sp³-hybridized carbons (Fsp3) is 0.414. The minimum atomic E-state index is -0.914. The molecule has 1 heterocycles. The number of halogens is 1. The number of fused-ring (bicyclic) bond motifs is 1. The van der Waals surface area contributed by atoms with Crippen LogP contribution in [0.4, 0.5) is 10.5 Å². The van der Waals surface area contributed by atoms with Crippen LogP contribution in [0.25, 0.3) is 10.9 Å². The molecule has 3 aromatic rings. The molecule has 1 amide bonds. The zero-order valence-electron chi connectivity index (χ0n) is 22.5. The van der Waals surface area contributed by atoms with E-state index >= 15 is 0 Å². The number of benzene rings is 2. The fourth-order valence-corrected chi connectivity index (χ4v) is 5.08. The van der Waals surface area contributed by atoms with E-state index in [0.717, 1.165) is 44.2 Å². The molecule has 0 saturated heterocycles. The molecule has 1 radical (unpaired) electrons. The number of hydrogen-bond acceptors (Lipinski definition) is 8. The van der Waals surface area contributed by atoms with E-state index in [0.29, 0.717) is 46.6 Å². The summed E-state index contributed by atoms with van der Waals surface area (Å²) in [5.74, 6) is 0.433. The molecule has 40 heavy (non-hydrogen) atoms. The second-order valence-corrected chi connectivity index (χ2v) is 10.2. The van der Waals surface area contributed by atoms with E-state index in [2.05, 4.69) is 27.4 Å². The summed E-state index contributed by atoms with van der Waals surface area (Å²) in [7, 11) is 1.52. The van der Waals surface area contributed by atoms with Crippen molar-refractivity contribution in [1.29, 1.82) is 0 Å².